The van der Waals surface area contributed by atoms with Gasteiger partial charge in [0, 0.05) is 6.54 Å². The lowest BCUT2D eigenvalue weighted by atomic mass is 9.90. The van der Waals surface area contributed by atoms with Crippen LogP contribution in [0.3, 0.4) is 0 Å². The molecule has 1 aromatic rings. The number of ether oxygens (including phenoxy) is 1. The van der Waals surface area contributed by atoms with Gasteiger partial charge >= 0.3 is 5.97 Å². The molecule has 5 nitrogen and oxygen atoms in total. The Morgan fingerprint density at radius 3 is 2.57 bits per heavy atom. The number of carbonyl (C=O) groups is 2. The zero-order chi connectivity index (χ0) is 16.0. The Morgan fingerprint density at radius 1 is 1.38 bits per heavy atom. The average molecular weight is 297 g/mol. The SMILES string of the molecule is CC(Oc1ccccc1F)C(=O)NCCC(C)(C)C(=O)O. The molecule has 0 fully saturated rings. The molecule has 116 valence electrons. The number of hydrogen-bond acceptors (Lipinski definition) is 3. The average Bonchev–Trinajstić information content (AvgIpc) is 2.40. The zero-order valence-electron chi connectivity index (χ0n) is 12.4. The van der Waals surface area contributed by atoms with Gasteiger partial charge < -0.3 is 15.2 Å². The number of carboxylic acids is 1. The molecule has 2 N–H and O–H groups in total. The first-order chi connectivity index (χ1) is 9.74. The first kappa shape index (κ1) is 16.9. The molecule has 0 saturated carbocycles. The van der Waals surface area contributed by atoms with E-state index in [1.165, 1.54) is 25.1 Å². The molecule has 0 aromatic heterocycles. The predicted octanol–water partition coefficient (Wildman–Crippen LogP) is 2.21. The Bertz CT molecular complexity index is 516. The number of nitrogens with one attached hydrogen (secondary N) is 1. The number of carbonyl (C=O) groups excluding carboxylic acids is 1. The van der Waals surface area contributed by atoms with Crippen LogP contribution in [-0.4, -0.2) is 29.6 Å². The summed E-state index contributed by atoms with van der Waals surface area (Å²) >= 11 is 0. The molecule has 0 aliphatic heterocycles. The Hall–Kier alpha value is -2.11. The smallest absolute Gasteiger partial charge is 0.309 e. The van der Waals surface area contributed by atoms with Gasteiger partial charge in [0.05, 0.1) is 5.41 Å². The molecular formula is C15H20FNO4. The number of aliphatic carboxylic acids is 1. The van der Waals surface area contributed by atoms with Crippen LogP contribution in [0.4, 0.5) is 4.39 Å². The van der Waals surface area contributed by atoms with Crippen molar-refractivity contribution in [1.82, 2.24) is 5.32 Å². The molecule has 21 heavy (non-hydrogen) atoms. The molecule has 0 spiro atoms. The maximum absolute atomic E-state index is 13.4. The molecule has 0 heterocycles. The molecule has 1 rings (SSSR count). The maximum atomic E-state index is 13.4. The van der Waals surface area contributed by atoms with Crippen molar-refractivity contribution in [3.8, 4) is 5.75 Å². The van der Waals surface area contributed by atoms with Crippen LogP contribution in [0.5, 0.6) is 5.75 Å². The number of halogens is 1. The molecule has 1 unspecified atom stereocenters. The van der Waals surface area contributed by atoms with Gasteiger partial charge in [-0.2, -0.15) is 0 Å². The van der Waals surface area contributed by atoms with Gasteiger partial charge in [-0.05, 0) is 39.3 Å². The number of para-hydroxylation sites is 1. The van der Waals surface area contributed by atoms with Gasteiger partial charge in [-0.3, -0.25) is 9.59 Å². The van der Waals surface area contributed by atoms with Crippen LogP contribution in [0.15, 0.2) is 24.3 Å². The fourth-order valence-electron chi connectivity index (χ4n) is 1.53. The van der Waals surface area contributed by atoms with Crippen molar-refractivity contribution in [2.24, 2.45) is 5.41 Å². The minimum atomic E-state index is -0.924. The first-order valence-electron chi connectivity index (χ1n) is 6.66. The quantitative estimate of drug-likeness (QED) is 0.809. The third-order valence-corrected chi connectivity index (χ3v) is 3.14. The molecule has 0 aliphatic carbocycles. The predicted molar refractivity (Wildman–Crippen MR) is 75.5 cm³/mol. The Kier molecular flexibility index (Phi) is 5.69. The number of carboxylic acid groups (broad SMARTS) is 1. The highest BCUT2D eigenvalue weighted by molar-refractivity contribution is 5.80. The Morgan fingerprint density at radius 2 is 2.00 bits per heavy atom. The van der Waals surface area contributed by atoms with Gasteiger partial charge in [-0.15, -0.1) is 0 Å². The van der Waals surface area contributed by atoms with Crippen LogP contribution in [0, 0.1) is 11.2 Å². The minimum Gasteiger partial charge on any atom is -0.481 e. The Labute approximate surface area is 123 Å². The molecule has 1 atom stereocenters. The molecule has 0 bridgehead atoms. The lowest BCUT2D eigenvalue weighted by molar-refractivity contribution is -0.147. The van der Waals surface area contributed by atoms with Gasteiger partial charge in [0.1, 0.15) is 0 Å². The third kappa shape index (κ3) is 5.06. The van der Waals surface area contributed by atoms with E-state index in [1.807, 2.05) is 0 Å². The highest BCUT2D eigenvalue weighted by Crippen LogP contribution is 2.19. The van der Waals surface area contributed by atoms with Crippen molar-refractivity contribution in [2.75, 3.05) is 6.54 Å². The van der Waals surface area contributed by atoms with E-state index in [0.717, 1.165) is 0 Å². The highest BCUT2D eigenvalue weighted by atomic mass is 19.1. The summed E-state index contributed by atoms with van der Waals surface area (Å²) in [6, 6.07) is 5.82. The van der Waals surface area contributed by atoms with E-state index in [-0.39, 0.29) is 12.3 Å². The summed E-state index contributed by atoms with van der Waals surface area (Å²) in [6.07, 6.45) is -0.574. The van der Waals surface area contributed by atoms with Crippen molar-refractivity contribution in [3.63, 3.8) is 0 Å². The van der Waals surface area contributed by atoms with Crippen LogP contribution >= 0.6 is 0 Å². The fraction of sp³-hybridized carbons (Fsp3) is 0.467. The van der Waals surface area contributed by atoms with Crippen molar-refractivity contribution in [2.45, 2.75) is 33.3 Å². The topological polar surface area (TPSA) is 75.6 Å². The van der Waals surface area contributed by atoms with Crippen molar-refractivity contribution >= 4 is 11.9 Å². The second-order valence-corrected chi connectivity index (χ2v) is 5.42. The second kappa shape index (κ2) is 7.06. The molecule has 0 saturated heterocycles. The number of amides is 1. The molecule has 1 amide bonds. The van der Waals surface area contributed by atoms with Crippen molar-refractivity contribution < 1.29 is 23.8 Å². The fourth-order valence-corrected chi connectivity index (χ4v) is 1.53. The number of rotatable bonds is 7. The van der Waals surface area contributed by atoms with Crippen LogP contribution in [0.1, 0.15) is 27.2 Å². The van der Waals surface area contributed by atoms with Crippen molar-refractivity contribution in [1.29, 1.82) is 0 Å². The molecule has 1 aromatic carbocycles. The second-order valence-electron chi connectivity index (χ2n) is 5.42. The van der Waals surface area contributed by atoms with Gasteiger partial charge in [0.25, 0.3) is 5.91 Å². The lowest BCUT2D eigenvalue weighted by Crippen LogP contribution is -2.39. The molecule has 0 aliphatic rings. The van der Waals surface area contributed by atoms with E-state index in [0.29, 0.717) is 6.42 Å². The van der Waals surface area contributed by atoms with Gasteiger partial charge in [-0.25, -0.2) is 4.39 Å². The first-order valence-corrected chi connectivity index (χ1v) is 6.66. The molecule has 6 heteroatoms. The van der Waals surface area contributed by atoms with Gasteiger partial charge in [-0.1, -0.05) is 12.1 Å². The van der Waals surface area contributed by atoms with E-state index in [2.05, 4.69) is 5.32 Å². The highest BCUT2D eigenvalue weighted by Gasteiger charge is 2.27. The van der Waals surface area contributed by atoms with E-state index >= 15 is 0 Å². The van der Waals surface area contributed by atoms with E-state index in [1.54, 1.807) is 19.9 Å². The summed E-state index contributed by atoms with van der Waals surface area (Å²) in [5.74, 6) is -1.87. The standard InChI is InChI=1S/C15H20FNO4/c1-10(21-12-7-5-4-6-11(12)16)13(18)17-9-8-15(2,3)14(19)20/h4-7,10H,8-9H2,1-3H3,(H,17,18)(H,19,20). The summed E-state index contributed by atoms with van der Waals surface area (Å²) in [4.78, 5) is 22.7. The van der Waals surface area contributed by atoms with Crippen LogP contribution < -0.4 is 10.1 Å². The van der Waals surface area contributed by atoms with Crippen LogP contribution in [0.25, 0.3) is 0 Å². The minimum absolute atomic E-state index is 0.00557. The molecule has 0 radical (unpaired) electrons. The third-order valence-electron chi connectivity index (χ3n) is 3.14. The van der Waals surface area contributed by atoms with Crippen LogP contribution in [0.2, 0.25) is 0 Å². The van der Waals surface area contributed by atoms with Gasteiger partial charge in [0.2, 0.25) is 0 Å². The number of benzene rings is 1. The summed E-state index contributed by atoms with van der Waals surface area (Å²) in [7, 11) is 0. The van der Waals surface area contributed by atoms with Gasteiger partial charge in [0.15, 0.2) is 17.7 Å². The van der Waals surface area contributed by atoms with Crippen LogP contribution in [-0.2, 0) is 9.59 Å². The maximum Gasteiger partial charge on any atom is 0.309 e. The largest absolute Gasteiger partial charge is 0.481 e. The Balaban J connectivity index is 2.46. The zero-order valence-corrected chi connectivity index (χ0v) is 12.4. The summed E-state index contributed by atoms with van der Waals surface area (Å²) in [6.45, 7) is 4.88. The monoisotopic (exact) mass is 297 g/mol. The normalized spacial score (nSPS) is 12.6. The van der Waals surface area contributed by atoms with Crippen molar-refractivity contribution in [3.05, 3.63) is 30.1 Å². The van der Waals surface area contributed by atoms with E-state index < -0.39 is 29.2 Å². The lowest BCUT2D eigenvalue weighted by Gasteiger charge is -2.20. The molecular weight excluding hydrogens is 277 g/mol. The van der Waals surface area contributed by atoms with E-state index in [4.69, 9.17) is 9.84 Å². The van der Waals surface area contributed by atoms with E-state index in [9.17, 15) is 14.0 Å². The summed E-state index contributed by atoms with van der Waals surface area (Å²) < 4.78 is 18.6. The summed E-state index contributed by atoms with van der Waals surface area (Å²) in [5.41, 5.74) is -0.914. The number of hydrogen-bond donors (Lipinski definition) is 2. The summed E-state index contributed by atoms with van der Waals surface area (Å²) in [5, 5.41) is 11.5.